The van der Waals surface area contributed by atoms with Gasteiger partial charge in [0.25, 0.3) is 0 Å². The minimum Gasteiger partial charge on any atom is -0.309 e. The first-order valence-corrected chi connectivity index (χ1v) is 6.44. The first-order valence-electron chi connectivity index (χ1n) is 5.56. The van der Waals surface area contributed by atoms with Crippen LogP contribution in [0.5, 0.6) is 0 Å². The molecule has 82 valence electrons. The first-order chi connectivity index (χ1) is 7.84. The van der Waals surface area contributed by atoms with Gasteiger partial charge in [-0.1, -0.05) is 18.2 Å². The Morgan fingerprint density at radius 1 is 1.31 bits per heavy atom. The molecule has 16 heavy (non-hydrogen) atoms. The van der Waals surface area contributed by atoms with Gasteiger partial charge in [0, 0.05) is 30.1 Å². The summed E-state index contributed by atoms with van der Waals surface area (Å²) in [6.07, 6.45) is 1.32. The van der Waals surface area contributed by atoms with E-state index in [9.17, 15) is 4.79 Å². The second kappa shape index (κ2) is 4.00. The average Bonchev–Trinajstić information content (AvgIpc) is 2.72. The van der Waals surface area contributed by atoms with Gasteiger partial charge in [0.2, 0.25) is 0 Å². The number of nitrogens with one attached hydrogen (secondary N) is 1. The summed E-state index contributed by atoms with van der Waals surface area (Å²) in [6, 6.07) is 8.61. The van der Waals surface area contributed by atoms with Crippen LogP contribution in [0.15, 0.2) is 29.6 Å². The smallest absolute Gasteiger partial charge is 0.136 e. The average molecular weight is 231 g/mol. The second-order valence-corrected chi connectivity index (χ2v) is 5.10. The molecule has 1 unspecified atom stereocenters. The molecule has 1 aromatic heterocycles. The molecule has 1 fully saturated rings. The van der Waals surface area contributed by atoms with E-state index in [1.165, 1.54) is 15.6 Å². The number of rotatable bonds is 1. The lowest BCUT2D eigenvalue weighted by Crippen LogP contribution is -2.31. The van der Waals surface area contributed by atoms with Crippen molar-refractivity contribution in [2.75, 3.05) is 6.54 Å². The molecule has 3 heteroatoms. The van der Waals surface area contributed by atoms with E-state index < -0.39 is 0 Å². The lowest BCUT2D eigenvalue weighted by atomic mass is 9.96. The molecular formula is C13H13NOS. The number of Topliss-reactive ketones (excluding diaryl/α,β-unsaturated/α-hetero) is 1. The molecule has 1 atom stereocenters. The van der Waals surface area contributed by atoms with E-state index in [2.05, 4.69) is 35.0 Å². The van der Waals surface area contributed by atoms with Crippen LogP contribution in [0.3, 0.4) is 0 Å². The summed E-state index contributed by atoms with van der Waals surface area (Å²) < 4.78 is 1.30. The largest absolute Gasteiger partial charge is 0.309 e. The van der Waals surface area contributed by atoms with E-state index in [0.717, 1.165) is 6.54 Å². The molecule has 0 aliphatic carbocycles. The highest BCUT2D eigenvalue weighted by molar-refractivity contribution is 7.17. The van der Waals surface area contributed by atoms with Crippen molar-refractivity contribution in [1.29, 1.82) is 0 Å². The lowest BCUT2D eigenvalue weighted by Gasteiger charge is -2.22. The van der Waals surface area contributed by atoms with E-state index in [1.807, 2.05) is 0 Å². The molecule has 3 rings (SSSR count). The Labute approximate surface area is 98.3 Å². The van der Waals surface area contributed by atoms with Gasteiger partial charge in [0.05, 0.1) is 0 Å². The Morgan fingerprint density at radius 2 is 2.19 bits per heavy atom. The van der Waals surface area contributed by atoms with Gasteiger partial charge in [-0.15, -0.1) is 11.3 Å². The van der Waals surface area contributed by atoms with E-state index >= 15 is 0 Å². The maximum Gasteiger partial charge on any atom is 0.136 e. The molecule has 0 amide bonds. The van der Waals surface area contributed by atoms with Crippen molar-refractivity contribution in [2.24, 2.45) is 0 Å². The van der Waals surface area contributed by atoms with Crippen molar-refractivity contribution in [3.05, 3.63) is 35.2 Å². The maximum atomic E-state index is 11.5. The van der Waals surface area contributed by atoms with Crippen molar-refractivity contribution in [3.8, 4) is 0 Å². The third-order valence-electron chi connectivity index (χ3n) is 3.11. The number of fused-ring (bicyclic) bond motifs is 1. The fourth-order valence-corrected chi connectivity index (χ4v) is 3.29. The monoisotopic (exact) mass is 231 g/mol. The zero-order chi connectivity index (χ0) is 11.0. The van der Waals surface area contributed by atoms with Gasteiger partial charge >= 0.3 is 0 Å². The minimum atomic E-state index is 0.220. The van der Waals surface area contributed by atoms with Crippen molar-refractivity contribution in [3.63, 3.8) is 0 Å². The van der Waals surface area contributed by atoms with Crippen LogP contribution in [0.4, 0.5) is 0 Å². The van der Waals surface area contributed by atoms with Crippen LogP contribution in [0.1, 0.15) is 24.4 Å². The van der Waals surface area contributed by atoms with Crippen LogP contribution in [-0.4, -0.2) is 12.3 Å². The van der Waals surface area contributed by atoms with E-state index in [4.69, 9.17) is 0 Å². The highest BCUT2D eigenvalue weighted by Crippen LogP contribution is 2.32. The van der Waals surface area contributed by atoms with Crippen LogP contribution < -0.4 is 5.32 Å². The van der Waals surface area contributed by atoms with E-state index in [1.54, 1.807) is 11.3 Å². The molecule has 1 aliphatic heterocycles. The number of benzene rings is 1. The summed E-state index contributed by atoms with van der Waals surface area (Å²) in [5, 5.41) is 6.90. The van der Waals surface area contributed by atoms with Gasteiger partial charge in [-0.2, -0.15) is 0 Å². The highest BCUT2D eigenvalue weighted by atomic mass is 32.1. The third kappa shape index (κ3) is 1.66. The molecule has 0 spiro atoms. The van der Waals surface area contributed by atoms with Crippen molar-refractivity contribution < 1.29 is 4.79 Å². The fourth-order valence-electron chi connectivity index (χ4n) is 2.28. The number of piperidine rings is 1. The van der Waals surface area contributed by atoms with Crippen LogP contribution in [0.25, 0.3) is 10.1 Å². The highest BCUT2D eigenvalue weighted by Gasteiger charge is 2.22. The van der Waals surface area contributed by atoms with Crippen molar-refractivity contribution >= 4 is 27.2 Å². The van der Waals surface area contributed by atoms with Crippen molar-refractivity contribution in [2.45, 2.75) is 18.9 Å². The summed E-state index contributed by atoms with van der Waals surface area (Å²) in [7, 11) is 0. The Balaban J connectivity index is 2.02. The second-order valence-electron chi connectivity index (χ2n) is 4.19. The Hall–Kier alpha value is -1.19. The number of carbonyl (C=O) groups excluding carboxylic acids is 1. The SMILES string of the molecule is O=C1CCNC(c2csc3ccccc23)C1. The first kappa shape index (κ1) is 10.00. The zero-order valence-electron chi connectivity index (χ0n) is 8.90. The number of carbonyl (C=O) groups is 1. The maximum absolute atomic E-state index is 11.5. The number of hydrogen-bond donors (Lipinski definition) is 1. The molecule has 1 aliphatic rings. The van der Waals surface area contributed by atoms with Gasteiger partial charge in [-0.05, 0) is 22.4 Å². The number of hydrogen-bond acceptors (Lipinski definition) is 3. The Morgan fingerprint density at radius 3 is 3.06 bits per heavy atom. The van der Waals surface area contributed by atoms with Crippen molar-refractivity contribution in [1.82, 2.24) is 5.32 Å². The zero-order valence-corrected chi connectivity index (χ0v) is 9.72. The van der Waals surface area contributed by atoms with E-state index in [-0.39, 0.29) is 6.04 Å². The lowest BCUT2D eigenvalue weighted by molar-refractivity contribution is -0.120. The normalized spacial score (nSPS) is 21.5. The quantitative estimate of drug-likeness (QED) is 0.817. The topological polar surface area (TPSA) is 29.1 Å². The van der Waals surface area contributed by atoms with Gasteiger partial charge in [0.1, 0.15) is 5.78 Å². The molecule has 0 radical (unpaired) electrons. The van der Waals surface area contributed by atoms with Crippen LogP contribution in [-0.2, 0) is 4.79 Å². The van der Waals surface area contributed by atoms with E-state index in [0.29, 0.717) is 18.6 Å². The predicted molar refractivity (Wildman–Crippen MR) is 66.8 cm³/mol. The van der Waals surface area contributed by atoms with Gasteiger partial charge in [0.15, 0.2) is 0 Å². The Kier molecular flexibility index (Phi) is 2.50. The molecular weight excluding hydrogens is 218 g/mol. The molecule has 2 aromatic rings. The van der Waals surface area contributed by atoms with Gasteiger partial charge < -0.3 is 5.32 Å². The predicted octanol–water partition coefficient (Wildman–Crippen LogP) is 2.89. The summed E-state index contributed by atoms with van der Waals surface area (Å²) in [6.45, 7) is 0.813. The molecule has 0 bridgehead atoms. The number of thiophene rings is 1. The van der Waals surface area contributed by atoms with Gasteiger partial charge in [-0.25, -0.2) is 0 Å². The fraction of sp³-hybridized carbons (Fsp3) is 0.308. The summed E-state index contributed by atoms with van der Waals surface area (Å²) in [5.74, 6) is 0.374. The Bertz CT molecular complexity index is 531. The minimum absolute atomic E-state index is 0.220. The summed E-state index contributed by atoms with van der Waals surface area (Å²) in [4.78, 5) is 11.5. The molecule has 1 saturated heterocycles. The standard InChI is InChI=1S/C13H13NOS/c15-9-5-6-14-12(7-9)11-8-16-13-4-2-1-3-10(11)13/h1-4,8,12,14H,5-7H2. The summed E-state index contributed by atoms with van der Waals surface area (Å²) in [5.41, 5.74) is 1.29. The third-order valence-corrected chi connectivity index (χ3v) is 4.09. The van der Waals surface area contributed by atoms with Crippen LogP contribution in [0, 0.1) is 0 Å². The molecule has 2 heterocycles. The molecule has 1 aromatic carbocycles. The number of ketones is 1. The van der Waals surface area contributed by atoms with Gasteiger partial charge in [-0.3, -0.25) is 4.79 Å². The molecule has 1 N–H and O–H groups in total. The molecule has 2 nitrogen and oxygen atoms in total. The van der Waals surface area contributed by atoms with Crippen LogP contribution >= 0.6 is 11.3 Å². The van der Waals surface area contributed by atoms with Crippen LogP contribution in [0.2, 0.25) is 0 Å². The summed E-state index contributed by atoms with van der Waals surface area (Å²) >= 11 is 1.76. The molecule has 0 saturated carbocycles.